The van der Waals surface area contributed by atoms with Crippen LogP contribution in [0, 0.1) is 0 Å². The lowest BCUT2D eigenvalue weighted by Crippen LogP contribution is -2.30. The van der Waals surface area contributed by atoms with Crippen LogP contribution in [-0.2, 0) is 5.75 Å². The van der Waals surface area contributed by atoms with E-state index in [-0.39, 0.29) is 5.91 Å². The molecule has 0 saturated carbocycles. The molecule has 0 spiro atoms. The van der Waals surface area contributed by atoms with Crippen molar-refractivity contribution in [3.8, 4) is 5.75 Å². The molecule has 0 radical (unpaired) electrons. The van der Waals surface area contributed by atoms with Crippen LogP contribution in [0.2, 0.25) is 0 Å². The van der Waals surface area contributed by atoms with E-state index in [2.05, 4.69) is 10.1 Å². The van der Waals surface area contributed by atoms with Crippen molar-refractivity contribution < 1.29 is 18.5 Å². The van der Waals surface area contributed by atoms with E-state index in [1.807, 2.05) is 13.8 Å². The van der Waals surface area contributed by atoms with Crippen molar-refractivity contribution in [3.05, 3.63) is 35.7 Å². The first-order valence-corrected chi connectivity index (χ1v) is 8.94. The molecule has 0 aliphatic rings. The number of thioether (sulfide) groups is 1. The summed E-state index contributed by atoms with van der Waals surface area (Å²) < 4.78 is 16.0. The van der Waals surface area contributed by atoms with E-state index < -0.39 is 0 Å². The van der Waals surface area contributed by atoms with E-state index in [4.69, 9.17) is 13.7 Å². The highest BCUT2D eigenvalue weighted by molar-refractivity contribution is 7.98. The van der Waals surface area contributed by atoms with Crippen LogP contribution < -0.4 is 4.74 Å². The second kappa shape index (κ2) is 7.60. The average molecular weight is 361 g/mol. The van der Waals surface area contributed by atoms with Crippen molar-refractivity contribution in [2.75, 3.05) is 20.2 Å². The van der Waals surface area contributed by atoms with Crippen molar-refractivity contribution in [2.45, 2.75) is 24.8 Å². The summed E-state index contributed by atoms with van der Waals surface area (Å²) in [6.07, 6.45) is 1.52. The number of fused-ring (bicyclic) bond motifs is 1. The van der Waals surface area contributed by atoms with Crippen LogP contribution in [0.15, 0.2) is 38.6 Å². The molecule has 0 saturated heterocycles. The van der Waals surface area contributed by atoms with Crippen LogP contribution in [-0.4, -0.2) is 41.1 Å². The topological polar surface area (TPSA) is 81.6 Å². The number of amides is 1. The first-order valence-electron chi connectivity index (χ1n) is 7.96. The predicted octanol–water partition coefficient (Wildman–Crippen LogP) is 3.60. The van der Waals surface area contributed by atoms with Gasteiger partial charge in [0.05, 0.1) is 12.8 Å². The third-order valence-corrected chi connectivity index (χ3v) is 4.65. The molecule has 1 amide bonds. The third-order valence-electron chi connectivity index (χ3n) is 3.79. The molecule has 0 fully saturated rings. The molecule has 0 aliphatic heterocycles. The summed E-state index contributed by atoms with van der Waals surface area (Å²) in [7, 11) is 1.55. The summed E-state index contributed by atoms with van der Waals surface area (Å²) in [6.45, 7) is 5.19. The molecular formula is C17H19N3O4S. The Kier molecular flexibility index (Phi) is 5.28. The number of oxazole rings is 1. The Labute approximate surface area is 149 Å². The second-order valence-corrected chi connectivity index (χ2v) is 6.19. The van der Waals surface area contributed by atoms with Gasteiger partial charge < -0.3 is 18.6 Å². The van der Waals surface area contributed by atoms with Crippen molar-refractivity contribution in [1.82, 2.24) is 15.0 Å². The van der Waals surface area contributed by atoms with Crippen molar-refractivity contribution in [3.63, 3.8) is 0 Å². The fraction of sp³-hybridized carbons (Fsp3) is 0.353. The zero-order valence-corrected chi connectivity index (χ0v) is 15.1. The van der Waals surface area contributed by atoms with E-state index in [0.29, 0.717) is 46.5 Å². The fourth-order valence-corrected chi connectivity index (χ4v) is 3.18. The maximum absolute atomic E-state index is 12.6. The summed E-state index contributed by atoms with van der Waals surface area (Å²) >= 11 is 1.40. The van der Waals surface area contributed by atoms with E-state index in [1.54, 1.807) is 30.2 Å². The second-order valence-electron chi connectivity index (χ2n) is 5.26. The molecule has 25 heavy (non-hydrogen) atoms. The van der Waals surface area contributed by atoms with E-state index >= 15 is 0 Å². The number of aromatic nitrogens is 2. The Bertz CT molecular complexity index is 856. The van der Waals surface area contributed by atoms with Crippen LogP contribution in [0.25, 0.3) is 11.1 Å². The maximum atomic E-state index is 12.6. The van der Waals surface area contributed by atoms with Crippen LogP contribution in [0.1, 0.15) is 29.9 Å². The van der Waals surface area contributed by atoms with Crippen molar-refractivity contribution >= 4 is 28.8 Å². The minimum atomic E-state index is -0.0509. The first-order chi connectivity index (χ1) is 12.2. The molecular weight excluding hydrogens is 342 g/mol. The van der Waals surface area contributed by atoms with Gasteiger partial charge in [-0.15, -0.1) is 0 Å². The van der Waals surface area contributed by atoms with Crippen molar-refractivity contribution in [2.24, 2.45) is 0 Å². The number of ether oxygens (including phenoxy) is 1. The summed E-state index contributed by atoms with van der Waals surface area (Å²) in [5.41, 5.74) is 2.46. The lowest BCUT2D eigenvalue weighted by atomic mass is 10.1. The SMILES string of the molecule is CCN(CC)C(=O)c1cc(OC)c2oc(SCc3ccon3)nc2c1. The van der Waals surface area contributed by atoms with Gasteiger partial charge in [-0.2, -0.15) is 0 Å². The standard InChI is InChI=1S/C17H19N3O4S/c1-4-20(5-2)16(21)11-8-13-15(14(9-11)22-3)24-17(18-13)25-10-12-6-7-23-19-12/h6-9H,4-5,10H2,1-3H3. The highest BCUT2D eigenvalue weighted by Crippen LogP contribution is 2.33. The summed E-state index contributed by atoms with van der Waals surface area (Å²) in [5.74, 6) is 1.02. The van der Waals surface area contributed by atoms with Crippen LogP contribution in [0.5, 0.6) is 5.75 Å². The zero-order chi connectivity index (χ0) is 17.8. The monoisotopic (exact) mass is 361 g/mol. The number of benzene rings is 1. The van der Waals surface area contributed by atoms with Gasteiger partial charge in [0.15, 0.2) is 11.3 Å². The lowest BCUT2D eigenvalue weighted by Gasteiger charge is -2.18. The molecule has 1 aromatic carbocycles. The van der Waals surface area contributed by atoms with Crippen molar-refractivity contribution in [1.29, 1.82) is 0 Å². The molecule has 0 atom stereocenters. The van der Waals surface area contributed by atoms with Gasteiger partial charge in [0.2, 0.25) is 0 Å². The van der Waals surface area contributed by atoms with Crippen LogP contribution >= 0.6 is 11.8 Å². The lowest BCUT2D eigenvalue weighted by molar-refractivity contribution is 0.0773. The van der Waals surface area contributed by atoms with E-state index in [0.717, 1.165) is 5.69 Å². The number of hydrogen-bond donors (Lipinski definition) is 0. The molecule has 8 heteroatoms. The van der Waals surface area contributed by atoms with Gasteiger partial charge in [0.1, 0.15) is 11.8 Å². The Morgan fingerprint density at radius 1 is 1.32 bits per heavy atom. The minimum Gasteiger partial charge on any atom is -0.493 e. The van der Waals surface area contributed by atoms with Gasteiger partial charge in [0, 0.05) is 30.5 Å². The molecule has 7 nitrogen and oxygen atoms in total. The molecule has 132 valence electrons. The van der Waals surface area contributed by atoms with Crippen LogP contribution in [0.3, 0.4) is 0 Å². The van der Waals surface area contributed by atoms with Gasteiger partial charge in [-0.05, 0) is 26.0 Å². The largest absolute Gasteiger partial charge is 0.493 e. The highest BCUT2D eigenvalue weighted by atomic mass is 32.2. The smallest absolute Gasteiger partial charge is 0.257 e. The normalized spacial score (nSPS) is 11.0. The Balaban J connectivity index is 1.90. The highest BCUT2D eigenvalue weighted by Gasteiger charge is 2.19. The number of carbonyl (C=O) groups is 1. The minimum absolute atomic E-state index is 0.0509. The molecule has 2 heterocycles. The van der Waals surface area contributed by atoms with Gasteiger partial charge in [-0.3, -0.25) is 4.79 Å². The average Bonchev–Trinajstić information content (AvgIpc) is 3.29. The summed E-state index contributed by atoms with van der Waals surface area (Å²) in [4.78, 5) is 18.8. The predicted molar refractivity (Wildman–Crippen MR) is 93.9 cm³/mol. The maximum Gasteiger partial charge on any atom is 0.257 e. The fourth-order valence-electron chi connectivity index (χ4n) is 2.46. The molecule has 3 aromatic rings. The van der Waals surface area contributed by atoms with Gasteiger partial charge in [-0.25, -0.2) is 4.98 Å². The number of nitrogens with zero attached hydrogens (tertiary/aromatic N) is 3. The Morgan fingerprint density at radius 2 is 2.12 bits per heavy atom. The van der Waals surface area contributed by atoms with Gasteiger partial charge >= 0.3 is 0 Å². The number of methoxy groups -OCH3 is 1. The molecule has 3 rings (SSSR count). The summed E-state index contributed by atoms with van der Waals surface area (Å²) in [5, 5.41) is 4.34. The number of hydrogen-bond acceptors (Lipinski definition) is 7. The summed E-state index contributed by atoms with van der Waals surface area (Å²) in [6, 6.07) is 5.22. The quantitative estimate of drug-likeness (QED) is 0.595. The third kappa shape index (κ3) is 3.63. The van der Waals surface area contributed by atoms with E-state index in [9.17, 15) is 4.79 Å². The zero-order valence-electron chi connectivity index (χ0n) is 14.3. The van der Waals surface area contributed by atoms with E-state index in [1.165, 1.54) is 18.0 Å². The molecule has 2 aromatic heterocycles. The molecule has 0 N–H and O–H groups in total. The molecule has 0 aliphatic carbocycles. The molecule has 0 bridgehead atoms. The Morgan fingerprint density at radius 3 is 2.76 bits per heavy atom. The number of carbonyl (C=O) groups excluding carboxylic acids is 1. The number of rotatable bonds is 7. The molecule has 0 unspecified atom stereocenters. The first kappa shape index (κ1) is 17.3. The Hall–Kier alpha value is -2.48. The van der Waals surface area contributed by atoms with Gasteiger partial charge in [0.25, 0.3) is 11.1 Å². The van der Waals surface area contributed by atoms with Crippen LogP contribution in [0.4, 0.5) is 0 Å². The van der Waals surface area contributed by atoms with Gasteiger partial charge in [-0.1, -0.05) is 16.9 Å².